The Balaban J connectivity index is 0.00000320. The molecule has 2 saturated heterocycles. The Bertz CT molecular complexity index is 603. The first-order valence-corrected chi connectivity index (χ1v) is 12.1. The largest absolute Gasteiger partial charge is 0.356 e. The van der Waals surface area contributed by atoms with E-state index in [1.54, 1.807) is 0 Å². The van der Waals surface area contributed by atoms with E-state index in [0.717, 1.165) is 19.0 Å². The van der Waals surface area contributed by atoms with E-state index in [-0.39, 0.29) is 24.0 Å². The van der Waals surface area contributed by atoms with Crippen molar-refractivity contribution in [2.75, 3.05) is 73.5 Å². The zero-order chi connectivity index (χ0) is 20.5. The van der Waals surface area contributed by atoms with Crippen LogP contribution in [0, 0.1) is 5.92 Å². The number of unbranched alkanes of at least 4 members (excludes halogenated alkanes) is 1. The van der Waals surface area contributed by atoms with Gasteiger partial charge in [0.25, 0.3) is 0 Å². The third-order valence-corrected chi connectivity index (χ3v) is 7.33. The van der Waals surface area contributed by atoms with Crippen molar-refractivity contribution in [1.29, 1.82) is 0 Å². The Morgan fingerprint density at radius 3 is 2.63 bits per heavy atom. The molecule has 8 heteroatoms. The van der Waals surface area contributed by atoms with Crippen molar-refractivity contribution in [3.63, 3.8) is 0 Å². The first-order valence-electron chi connectivity index (χ1n) is 11.3. The minimum Gasteiger partial charge on any atom is -0.356 e. The van der Waals surface area contributed by atoms with Gasteiger partial charge < -0.3 is 20.4 Å². The maximum absolute atomic E-state index is 4.44. The van der Waals surface area contributed by atoms with E-state index in [1.807, 2.05) is 18.4 Å². The van der Waals surface area contributed by atoms with Gasteiger partial charge in [-0.2, -0.15) is 0 Å². The highest BCUT2D eigenvalue weighted by Gasteiger charge is 2.31. The maximum atomic E-state index is 4.44. The molecule has 0 saturated carbocycles. The number of thiophene rings is 1. The summed E-state index contributed by atoms with van der Waals surface area (Å²) in [7, 11) is 6.36. The van der Waals surface area contributed by atoms with Crippen LogP contribution in [0.15, 0.2) is 22.5 Å². The predicted molar refractivity (Wildman–Crippen MR) is 140 cm³/mol. The van der Waals surface area contributed by atoms with Crippen LogP contribution in [0.3, 0.4) is 0 Å². The lowest BCUT2D eigenvalue weighted by Crippen LogP contribution is -2.45. The number of aliphatic imine (C=N–C) groups is 1. The molecule has 3 rings (SSSR count). The van der Waals surface area contributed by atoms with Gasteiger partial charge in [-0.1, -0.05) is 6.07 Å². The second kappa shape index (κ2) is 13.9. The van der Waals surface area contributed by atoms with Crippen molar-refractivity contribution in [2.24, 2.45) is 10.9 Å². The lowest BCUT2D eigenvalue weighted by atomic mass is 9.88. The molecule has 2 aliphatic rings. The van der Waals surface area contributed by atoms with Crippen LogP contribution in [-0.2, 0) is 0 Å². The standard InChI is InChI=1S/C22H40N6S.HI/c1-23-22(24-10-4-5-12-28-15-13-26(2)14-16-28)25-18-19-8-6-11-27(3)21(19)20-9-7-17-29-20;/h7,9,17,19,21H,4-6,8,10-16,18H2,1-3H3,(H2,23,24,25);1H. The highest BCUT2D eigenvalue weighted by Crippen LogP contribution is 2.36. The van der Waals surface area contributed by atoms with Crippen LogP contribution >= 0.6 is 35.3 Å². The van der Waals surface area contributed by atoms with Crippen molar-refractivity contribution in [3.05, 3.63) is 22.4 Å². The average molecular weight is 549 g/mol. The predicted octanol–water partition coefficient (Wildman–Crippen LogP) is 2.94. The van der Waals surface area contributed by atoms with Gasteiger partial charge in [-0.15, -0.1) is 35.3 Å². The minimum absolute atomic E-state index is 0. The summed E-state index contributed by atoms with van der Waals surface area (Å²) in [4.78, 5) is 13.5. The number of nitrogens with zero attached hydrogens (tertiary/aromatic N) is 4. The molecule has 30 heavy (non-hydrogen) atoms. The molecule has 0 spiro atoms. The molecule has 2 fully saturated rings. The summed E-state index contributed by atoms with van der Waals surface area (Å²) in [6.45, 7) is 9.23. The van der Waals surface area contributed by atoms with Gasteiger partial charge >= 0.3 is 0 Å². The van der Waals surface area contributed by atoms with Crippen LogP contribution in [0.4, 0.5) is 0 Å². The Labute approximate surface area is 204 Å². The highest BCUT2D eigenvalue weighted by molar-refractivity contribution is 14.0. The van der Waals surface area contributed by atoms with Crippen molar-refractivity contribution in [2.45, 2.75) is 31.7 Å². The van der Waals surface area contributed by atoms with E-state index in [0.29, 0.717) is 12.0 Å². The summed E-state index contributed by atoms with van der Waals surface area (Å²) in [5.74, 6) is 1.57. The molecule has 1 aromatic heterocycles. The van der Waals surface area contributed by atoms with Gasteiger partial charge in [0.2, 0.25) is 0 Å². The van der Waals surface area contributed by atoms with Crippen molar-refractivity contribution >= 4 is 41.3 Å². The monoisotopic (exact) mass is 548 g/mol. The Morgan fingerprint density at radius 2 is 1.93 bits per heavy atom. The fourth-order valence-corrected chi connectivity index (χ4v) is 5.55. The molecule has 0 radical (unpaired) electrons. The van der Waals surface area contributed by atoms with Gasteiger partial charge in [-0.3, -0.25) is 9.89 Å². The lowest BCUT2D eigenvalue weighted by molar-refractivity contribution is 0.125. The summed E-state index contributed by atoms with van der Waals surface area (Å²) >= 11 is 1.89. The number of hydrogen-bond acceptors (Lipinski definition) is 5. The summed E-state index contributed by atoms with van der Waals surface area (Å²) in [5, 5.41) is 9.31. The molecule has 6 nitrogen and oxygen atoms in total. The Hall–Kier alpha value is -0.420. The Morgan fingerprint density at radius 1 is 1.13 bits per heavy atom. The second-order valence-corrected chi connectivity index (χ2v) is 9.55. The van der Waals surface area contributed by atoms with Crippen LogP contribution in [0.2, 0.25) is 0 Å². The molecule has 0 bridgehead atoms. The number of nitrogens with one attached hydrogen (secondary N) is 2. The van der Waals surface area contributed by atoms with Gasteiger partial charge in [0.15, 0.2) is 5.96 Å². The molecule has 1 aromatic rings. The second-order valence-electron chi connectivity index (χ2n) is 8.58. The van der Waals surface area contributed by atoms with Crippen LogP contribution in [0.5, 0.6) is 0 Å². The lowest BCUT2D eigenvalue weighted by Gasteiger charge is -2.39. The number of rotatable bonds is 8. The molecule has 2 N–H and O–H groups in total. The third kappa shape index (κ3) is 7.93. The van der Waals surface area contributed by atoms with Crippen molar-refractivity contribution in [3.8, 4) is 0 Å². The molecule has 0 amide bonds. The van der Waals surface area contributed by atoms with Gasteiger partial charge in [0.1, 0.15) is 0 Å². The fourth-order valence-electron chi connectivity index (χ4n) is 4.57. The third-order valence-electron chi connectivity index (χ3n) is 6.39. The topological polar surface area (TPSA) is 46.1 Å². The molecule has 2 unspecified atom stereocenters. The SMILES string of the molecule is CN=C(NCCCCN1CCN(C)CC1)NCC1CCCN(C)C1c1cccs1.I. The first-order chi connectivity index (χ1) is 14.2. The zero-order valence-electron chi connectivity index (χ0n) is 19.0. The van der Waals surface area contributed by atoms with E-state index in [1.165, 1.54) is 69.8 Å². The summed E-state index contributed by atoms with van der Waals surface area (Å²) in [5.41, 5.74) is 0. The van der Waals surface area contributed by atoms with Gasteiger partial charge in [-0.05, 0) is 70.2 Å². The number of guanidine groups is 1. The molecule has 0 aromatic carbocycles. The van der Waals surface area contributed by atoms with Crippen LogP contribution in [0.25, 0.3) is 0 Å². The Kier molecular flexibility index (Phi) is 12.0. The quantitative estimate of drug-likeness (QED) is 0.227. The number of piperidine rings is 1. The summed E-state index contributed by atoms with van der Waals surface area (Å²) < 4.78 is 0. The maximum Gasteiger partial charge on any atom is 0.190 e. The van der Waals surface area contributed by atoms with E-state index in [4.69, 9.17) is 0 Å². The van der Waals surface area contributed by atoms with Gasteiger partial charge in [0, 0.05) is 57.2 Å². The summed E-state index contributed by atoms with van der Waals surface area (Å²) in [6.07, 6.45) is 5.00. The molecule has 2 aliphatic heterocycles. The smallest absolute Gasteiger partial charge is 0.190 e. The number of likely N-dealkylation sites (N-methyl/N-ethyl adjacent to an activating group) is 1. The fraction of sp³-hybridized carbons (Fsp3) is 0.773. The highest BCUT2D eigenvalue weighted by atomic mass is 127. The molecule has 0 aliphatic carbocycles. The summed E-state index contributed by atoms with van der Waals surface area (Å²) in [6, 6.07) is 4.99. The number of hydrogen-bond donors (Lipinski definition) is 2. The molecule has 3 heterocycles. The molecule has 2 atom stereocenters. The van der Waals surface area contributed by atoms with Gasteiger partial charge in [0.05, 0.1) is 0 Å². The average Bonchev–Trinajstić information content (AvgIpc) is 3.25. The minimum atomic E-state index is 0. The normalized spacial score (nSPS) is 24.4. The van der Waals surface area contributed by atoms with Crippen molar-refractivity contribution < 1.29 is 0 Å². The van der Waals surface area contributed by atoms with E-state index < -0.39 is 0 Å². The zero-order valence-corrected chi connectivity index (χ0v) is 22.1. The first kappa shape index (κ1) is 25.8. The van der Waals surface area contributed by atoms with E-state index >= 15 is 0 Å². The molecular weight excluding hydrogens is 507 g/mol. The number of piperazine rings is 1. The van der Waals surface area contributed by atoms with E-state index in [9.17, 15) is 0 Å². The van der Waals surface area contributed by atoms with E-state index in [2.05, 4.69) is 61.9 Å². The number of likely N-dealkylation sites (tertiary alicyclic amines) is 1. The molecular formula is C22H41IN6S. The van der Waals surface area contributed by atoms with Crippen LogP contribution in [-0.4, -0.2) is 94.2 Å². The van der Waals surface area contributed by atoms with Crippen molar-refractivity contribution in [1.82, 2.24) is 25.3 Å². The molecule has 172 valence electrons. The van der Waals surface area contributed by atoms with Crippen LogP contribution in [0.1, 0.15) is 36.6 Å². The van der Waals surface area contributed by atoms with Gasteiger partial charge in [-0.25, -0.2) is 0 Å². The number of halogens is 1. The van der Waals surface area contributed by atoms with Crippen LogP contribution < -0.4 is 10.6 Å².